The quantitative estimate of drug-likeness (QED) is 0.409. The Morgan fingerprint density at radius 2 is 1.71 bits per heavy atom. The highest BCUT2D eigenvalue weighted by molar-refractivity contribution is 5.89. The number of esters is 1. The number of benzene rings is 1. The molecular weight excluding hydrogens is 533 g/mol. The molecule has 2 bridgehead atoms. The number of carbonyl (C=O) groups excluding carboxylic acids is 3. The molecule has 3 aliphatic heterocycles. The minimum absolute atomic E-state index is 0.0457. The molecule has 42 heavy (non-hydrogen) atoms. The highest BCUT2D eigenvalue weighted by Crippen LogP contribution is 2.47. The lowest BCUT2D eigenvalue weighted by Gasteiger charge is -2.51. The molecular formula is C34H50FN3O4. The molecule has 3 heterocycles. The first-order chi connectivity index (χ1) is 20.2. The van der Waals surface area contributed by atoms with Gasteiger partial charge >= 0.3 is 5.97 Å². The second-order valence-electron chi connectivity index (χ2n) is 13.6. The van der Waals surface area contributed by atoms with Crippen molar-refractivity contribution in [3.8, 4) is 0 Å². The average molecular weight is 584 g/mol. The van der Waals surface area contributed by atoms with Crippen LogP contribution in [-0.2, 0) is 25.5 Å². The molecule has 8 heteroatoms. The summed E-state index contributed by atoms with van der Waals surface area (Å²) in [7, 11) is 0. The maximum atomic E-state index is 14.1. The lowest BCUT2D eigenvalue weighted by molar-refractivity contribution is -0.166. The molecule has 1 aromatic carbocycles. The van der Waals surface area contributed by atoms with Crippen LogP contribution in [0.2, 0.25) is 0 Å². The van der Waals surface area contributed by atoms with Gasteiger partial charge in [0.1, 0.15) is 11.9 Å². The number of fused-ring (bicyclic) bond motifs is 3. The summed E-state index contributed by atoms with van der Waals surface area (Å²) in [6.07, 6.45) is 10.1. The molecule has 5 aliphatic rings. The number of amides is 2. The number of hydrogen-bond acceptors (Lipinski definition) is 5. The van der Waals surface area contributed by atoms with Crippen LogP contribution < -0.4 is 5.32 Å². The van der Waals surface area contributed by atoms with Crippen LogP contribution >= 0.6 is 0 Å². The van der Waals surface area contributed by atoms with Crippen molar-refractivity contribution in [1.82, 2.24) is 15.1 Å². The summed E-state index contributed by atoms with van der Waals surface area (Å²) in [5, 5.41) is 3.18. The molecule has 0 aromatic heterocycles. The Morgan fingerprint density at radius 3 is 2.33 bits per heavy atom. The molecule has 0 spiro atoms. The Morgan fingerprint density at radius 1 is 1.02 bits per heavy atom. The molecule has 0 radical (unpaired) electrons. The fourth-order valence-corrected chi connectivity index (χ4v) is 8.50. The summed E-state index contributed by atoms with van der Waals surface area (Å²) >= 11 is 0. The van der Waals surface area contributed by atoms with Gasteiger partial charge in [-0.2, -0.15) is 0 Å². The molecule has 0 unspecified atom stereocenters. The number of piperidine rings is 3. The Kier molecular flexibility index (Phi) is 9.91. The predicted octanol–water partition coefficient (Wildman–Crippen LogP) is 5.11. The molecule has 2 aliphatic carbocycles. The SMILES string of the molecule is CCOC(=O)C1(C2CCCCC2)CCN(C(=O)[C@@H](Cc2ccc(F)cc2)NC(=O)[C@@H]2C[C@@H]3CC[C@H]2N(C(C)C)C3)CC1. The van der Waals surface area contributed by atoms with Crippen molar-refractivity contribution in [3.63, 3.8) is 0 Å². The van der Waals surface area contributed by atoms with Crippen molar-refractivity contribution < 1.29 is 23.5 Å². The number of carbonyl (C=O) groups is 3. The zero-order chi connectivity index (χ0) is 29.9. The van der Waals surface area contributed by atoms with Gasteiger partial charge in [-0.15, -0.1) is 0 Å². The van der Waals surface area contributed by atoms with E-state index in [0.29, 0.717) is 56.8 Å². The summed E-state index contributed by atoms with van der Waals surface area (Å²) in [6.45, 7) is 8.58. The lowest BCUT2D eigenvalue weighted by Crippen LogP contribution is -2.61. The van der Waals surface area contributed by atoms with Gasteiger partial charge in [0.05, 0.1) is 17.9 Å². The molecule has 232 valence electrons. The largest absolute Gasteiger partial charge is 0.466 e. The van der Waals surface area contributed by atoms with E-state index in [1.54, 1.807) is 12.1 Å². The maximum Gasteiger partial charge on any atom is 0.312 e. The van der Waals surface area contributed by atoms with Gasteiger partial charge in [-0.3, -0.25) is 19.3 Å². The van der Waals surface area contributed by atoms with E-state index in [-0.39, 0.29) is 35.6 Å². The third kappa shape index (κ3) is 6.53. The van der Waals surface area contributed by atoms with Crippen LogP contribution in [0.15, 0.2) is 24.3 Å². The topological polar surface area (TPSA) is 79.0 Å². The van der Waals surface area contributed by atoms with Crippen LogP contribution in [0.3, 0.4) is 0 Å². The van der Waals surface area contributed by atoms with E-state index in [2.05, 4.69) is 24.1 Å². The second-order valence-corrected chi connectivity index (χ2v) is 13.6. The number of halogens is 1. The Bertz CT molecular complexity index is 1090. The second kappa shape index (κ2) is 13.4. The Balaban J connectivity index is 1.32. The monoisotopic (exact) mass is 583 g/mol. The van der Waals surface area contributed by atoms with Gasteiger partial charge in [0, 0.05) is 38.1 Å². The molecule has 4 atom stereocenters. The first-order valence-electron chi connectivity index (χ1n) is 16.5. The van der Waals surface area contributed by atoms with E-state index < -0.39 is 11.5 Å². The third-order valence-electron chi connectivity index (χ3n) is 10.8. The average Bonchev–Trinajstić information content (AvgIpc) is 3.02. The number of likely N-dealkylation sites (tertiary alicyclic amines) is 1. The van der Waals surface area contributed by atoms with Crippen LogP contribution in [-0.4, -0.2) is 72.0 Å². The van der Waals surface area contributed by atoms with Crippen molar-refractivity contribution in [2.75, 3.05) is 26.2 Å². The molecule has 1 aromatic rings. The van der Waals surface area contributed by atoms with Gasteiger partial charge in [0.15, 0.2) is 0 Å². The van der Waals surface area contributed by atoms with E-state index in [9.17, 15) is 18.8 Å². The molecule has 6 rings (SSSR count). The molecule has 1 N–H and O–H groups in total. The molecule has 5 fully saturated rings. The van der Waals surface area contributed by atoms with Crippen LogP contribution in [0.25, 0.3) is 0 Å². The summed E-state index contributed by atoms with van der Waals surface area (Å²) in [4.78, 5) is 45.6. The fraction of sp³-hybridized carbons (Fsp3) is 0.735. The lowest BCUT2D eigenvalue weighted by atomic mass is 9.63. The Labute approximate surface area is 250 Å². The van der Waals surface area contributed by atoms with Crippen LogP contribution in [0.1, 0.15) is 90.5 Å². The van der Waals surface area contributed by atoms with Crippen molar-refractivity contribution in [1.29, 1.82) is 0 Å². The van der Waals surface area contributed by atoms with Gasteiger partial charge in [-0.05, 0) is 95.2 Å². The van der Waals surface area contributed by atoms with E-state index >= 15 is 0 Å². The highest BCUT2D eigenvalue weighted by Gasteiger charge is 2.50. The van der Waals surface area contributed by atoms with Gasteiger partial charge in [-0.1, -0.05) is 31.4 Å². The smallest absolute Gasteiger partial charge is 0.312 e. The normalized spacial score (nSPS) is 27.1. The Hall–Kier alpha value is -2.48. The van der Waals surface area contributed by atoms with Gasteiger partial charge in [0.2, 0.25) is 11.8 Å². The van der Waals surface area contributed by atoms with E-state index in [0.717, 1.165) is 57.1 Å². The zero-order valence-corrected chi connectivity index (χ0v) is 25.8. The summed E-state index contributed by atoms with van der Waals surface area (Å²) in [5.74, 6) is 0.0766. The van der Waals surface area contributed by atoms with Gasteiger partial charge in [-0.25, -0.2) is 4.39 Å². The highest BCUT2D eigenvalue weighted by atomic mass is 19.1. The van der Waals surface area contributed by atoms with Crippen LogP contribution in [0, 0.1) is 29.0 Å². The van der Waals surface area contributed by atoms with Gasteiger partial charge in [0.25, 0.3) is 0 Å². The first kappa shape index (κ1) is 31.0. The molecule has 7 nitrogen and oxygen atoms in total. The maximum absolute atomic E-state index is 14.1. The van der Waals surface area contributed by atoms with Crippen molar-refractivity contribution >= 4 is 17.8 Å². The third-order valence-corrected chi connectivity index (χ3v) is 10.8. The standard InChI is InChI=1S/C34H50FN3O4/c1-4-42-33(41)34(26-8-6-5-7-9-26)16-18-37(19-17-34)32(40)29(21-24-10-13-27(35)14-11-24)36-31(39)28-20-25-12-15-30(28)38(22-25)23(2)3/h10-11,13-14,23,25-26,28-30H,4-9,12,15-22H2,1-3H3,(H,36,39)/t25-,28+,29+,30+/m0/s1. The molecule has 2 saturated carbocycles. The molecule has 2 amide bonds. The van der Waals surface area contributed by atoms with Crippen molar-refractivity contribution in [2.24, 2.45) is 23.2 Å². The number of nitrogens with zero attached hydrogens (tertiary/aromatic N) is 2. The van der Waals surface area contributed by atoms with E-state index in [1.807, 2.05) is 11.8 Å². The zero-order valence-electron chi connectivity index (χ0n) is 25.8. The van der Waals surface area contributed by atoms with E-state index in [4.69, 9.17) is 4.74 Å². The van der Waals surface area contributed by atoms with Gasteiger partial charge < -0.3 is 15.0 Å². The first-order valence-corrected chi connectivity index (χ1v) is 16.5. The number of hydrogen-bond donors (Lipinski definition) is 1. The molecule has 3 saturated heterocycles. The summed E-state index contributed by atoms with van der Waals surface area (Å²) in [5.41, 5.74) is 0.272. The minimum Gasteiger partial charge on any atom is -0.466 e. The van der Waals surface area contributed by atoms with Crippen molar-refractivity contribution in [3.05, 3.63) is 35.6 Å². The fourth-order valence-electron chi connectivity index (χ4n) is 8.50. The predicted molar refractivity (Wildman–Crippen MR) is 160 cm³/mol. The summed E-state index contributed by atoms with van der Waals surface area (Å²) < 4.78 is 19.3. The number of ether oxygens (including phenoxy) is 1. The van der Waals surface area contributed by atoms with Crippen molar-refractivity contribution in [2.45, 2.75) is 110 Å². The minimum atomic E-state index is -0.735. The number of nitrogens with one attached hydrogen (secondary N) is 1. The number of rotatable bonds is 9. The van der Waals surface area contributed by atoms with E-state index in [1.165, 1.54) is 18.6 Å². The summed E-state index contributed by atoms with van der Waals surface area (Å²) in [6, 6.07) is 6.03. The van der Waals surface area contributed by atoms with Crippen LogP contribution in [0.5, 0.6) is 0 Å². The van der Waals surface area contributed by atoms with Crippen LogP contribution in [0.4, 0.5) is 4.39 Å².